The summed E-state index contributed by atoms with van der Waals surface area (Å²) in [7, 11) is 2.14. The Bertz CT molecular complexity index is 271. The van der Waals surface area contributed by atoms with Crippen molar-refractivity contribution in [2.45, 2.75) is 17.9 Å². The average Bonchev–Trinajstić information content (AvgIpc) is 2.27. The Kier molecular flexibility index (Phi) is 5.76. The van der Waals surface area contributed by atoms with Crippen molar-refractivity contribution in [3.63, 3.8) is 0 Å². The van der Waals surface area contributed by atoms with Crippen molar-refractivity contribution < 1.29 is 0 Å². The first-order valence-electron chi connectivity index (χ1n) is 5.28. The van der Waals surface area contributed by atoms with E-state index in [9.17, 15) is 0 Å². The highest BCUT2D eigenvalue weighted by molar-refractivity contribution is 7.98. The van der Waals surface area contributed by atoms with Gasteiger partial charge in [0.25, 0.3) is 0 Å². The normalized spacial score (nSPS) is 10.9. The van der Waals surface area contributed by atoms with Crippen LogP contribution in [0.3, 0.4) is 0 Å². The lowest BCUT2D eigenvalue weighted by Crippen LogP contribution is -2.21. The SMILES string of the molecule is CSc1ccc(CN(C)CCCN)cc1. The Balaban J connectivity index is 2.42. The maximum Gasteiger partial charge on any atom is 0.0230 e. The van der Waals surface area contributed by atoms with E-state index in [1.807, 2.05) is 0 Å². The van der Waals surface area contributed by atoms with E-state index in [1.165, 1.54) is 10.5 Å². The van der Waals surface area contributed by atoms with Gasteiger partial charge in [0.15, 0.2) is 0 Å². The van der Waals surface area contributed by atoms with E-state index in [2.05, 4.69) is 42.5 Å². The lowest BCUT2D eigenvalue weighted by molar-refractivity contribution is 0.324. The summed E-state index contributed by atoms with van der Waals surface area (Å²) in [6, 6.07) is 8.75. The molecule has 2 nitrogen and oxygen atoms in total. The van der Waals surface area contributed by atoms with Gasteiger partial charge in [-0.15, -0.1) is 11.8 Å². The molecule has 0 saturated heterocycles. The Morgan fingerprint density at radius 1 is 1.27 bits per heavy atom. The van der Waals surface area contributed by atoms with Gasteiger partial charge in [-0.1, -0.05) is 12.1 Å². The van der Waals surface area contributed by atoms with Gasteiger partial charge in [-0.2, -0.15) is 0 Å². The summed E-state index contributed by atoms with van der Waals surface area (Å²) in [4.78, 5) is 3.63. The number of nitrogens with zero attached hydrogens (tertiary/aromatic N) is 1. The minimum Gasteiger partial charge on any atom is -0.330 e. The lowest BCUT2D eigenvalue weighted by atomic mass is 10.2. The van der Waals surface area contributed by atoms with E-state index in [-0.39, 0.29) is 0 Å². The van der Waals surface area contributed by atoms with Crippen LogP contribution in [0.25, 0.3) is 0 Å². The van der Waals surface area contributed by atoms with Crippen LogP contribution >= 0.6 is 11.8 Å². The number of thioether (sulfide) groups is 1. The van der Waals surface area contributed by atoms with Gasteiger partial charge in [-0.3, -0.25) is 0 Å². The fraction of sp³-hybridized carbons (Fsp3) is 0.500. The molecule has 0 aromatic heterocycles. The highest BCUT2D eigenvalue weighted by atomic mass is 32.2. The Labute approximate surface area is 96.8 Å². The van der Waals surface area contributed by atoms with Crippen LogP contribution in [0.15, 0.2) is 29.2 Å². The first-order chi connectivity index (χ1) is 7.26. The predicted molar refractivity (Wildman–Crippen MR) is 68.2 cm³/mol. The van der Waals surface area contributed by atoms with Gasteiger partial charge >= 0.3 is 0 Å². The second-order valence-corrected chi connectivity index (χ2v) is 4.61. The molecule has 0 radical (unpaired) electrons. The smallest absolute Gasteiger partial charge is 0.0230 e. The highest BCUT2D eigenvalue weighted by Crippen LogP contribution is 2.15. The lowest BCUT2D eigenvalue weighted by Gasteiger charge is -2.16. The molecule has 2 N–H and O–H groups in total. The summed E-state index contributed by atoms with van der Waals surface area (Å²) in [6.07, 6.45) is 3.17. The molecule has 0 spiro atoms. The largest absolute Gasteiger partial charge is 0.330 e. The minimum atomic E-state index is 0.774. The Morgan fingerprint density at radius 2 is 1.93 bits per heavy atom. The van der Waals surface area contributed by atoms with Crippen LogP contribution in [-0.4, -0.2) is 31.3 Å². The van der Waals surface area contributed by atoms with Gasteiger partial charge in [0.05, 0.1) is 0 Å². The van der Waals surface area contributed by atoms with Crippen LogP contribution in [0.4, 0.5) is 0 Å². The molecule has 0 atom stereocenters. The van der Waals surface area contributed by atoms with Crippen LogP contribution in [0.2, 0.25) is 0 Å². The van der Waals surface area contributed by atoms with E-state index in [1.54, 1.807) is 11.8 Å². The predicted octanol–water partition coefficient (Wildman–Crippen LogP) is 2.19. The van der Waals surface area contributed by atoms with Gasteiger partial charge in [-0.05, 0) is 50.5 Å². The maximum absolute atomic E-state index is 5.48. The minimum absolute atomic E-state index is 0.774. The molecule has 1 rings (SSSR count). The number of benzene rings is 1. The van der Waals surface area contributed by atoms with Crippen molar-refractivity contribution in [1.82, 2.24) is 4.90 Å². The zero-order valence-electron chi connectivity index (χ0n) is 9.57. The van der Waals surface area contributed by atoms with Crippen molar-refractivity contribution in [3.05, 3.63) is 29.8 Å². The van der Waals surface area contributed by atoms with E-state index in [0.29, 0.717) is 0 Å². The molecule has 0 unspecified atom stereocenters. The van der Waals surface area contributed by atoms with E-state index >= 15 is 0 Å². The van der Waals surface area contributed by atoms with Crippen molar-refractivity contribution in [2.75, 3.05) is 26.4 Å². The van der Waals surface area contributed by atoms with Crippen molar-refractivity contribution in [1.29, 1.82) is 0 Å². The number of rotatable bonds is 6. The average molecular weight is 224 g/mol. The number of nitrogens with two attached hydrogens (primary N) is 1. The number of hydrogen-bond acceptors (Lipinski definition) is 3. The summed E-state index contributed by atoms with van der Waals surface area (Å²) in [6.45, 7) is 2.85. The van der Waals surface area contributed by atoms with E-state index in [4.69, 9.17) is 5.73 Å². The van der Waals surface area contributed by atoms with Gasteiger partial charge < -0.3 is 10.6 Å². The number of hydrogen-bond donors (Lipinski definition) is 1. The van der Waals surface area contributed by atoms with Gasteiger partial charge in [0.1, 0.15) is 0 Å². The summed E-state index contributed by atoms with van der Waals surface area (Å²) >= 11 is 1.78. The zero-order valence-corrected chi connectivity index (χ0v) is 10.4. The van der Waals surface area contributed by atoms with Gasteiger partial charge in [0.2, 0.25) is 0 Å². The molecule has 3 heteroatoms. The van der Waals surface area contributed by atoms with Crippen LogP contribution in [-0.2, 0) is 6.54 Å². The van der Waals surface area contributed by atoms with Gasteiger partial charge in [0, 0.05) is 11.4 Å². The van der Waals surface area contributed by atoms with Gasteiger partial charge in [-0.25, -0.2) is 0 Å². The fourth-order valence-corrected chi connectivity index (χ4v) is 1.89. The molecular weight excluding hydrogens is 204 g/mol. The van der Waals surface area contributed by atoms with Crippen molar-refractivity contribution in [3.8, 4) is 0 Å². The maximum atomic E-state index is 5.48. The molecular formula is C12H20N2S. The molecule has 0 amide bonds. The first-order valence-corrected chi connectivity index (χ1v) is 6.50. The summed E-state index contributed by atoms with van der Waals surface area (Å²) < 4.78 is 0. The molecule has 0 bridgehead atoms. The molecule has 1 aromatic carbocycles. The third-order valence-corrected chi connectivity index (χ3v) is 3.10. The summed E-state index contributed by atoms with van der Waals surface area (Å²) in [5.74, 6) is 0. The van der Waals surface area contributed by atoms with E-state index in [0.717, 1.165) is 26.1 Å². The van der Waals surface area contributed by atoms with Crippen molar-refractivity contribution >= 4 is 11.8 Å². The molecule has 1 aromatic rings. The summed E-state index contributed by atoms with van der Waals surface area (Å²) in [5, 5.41) is 0. The molecule has 84 valence electrons. The Morgan fingerprint density at radius 3 is 2.47 bits per heavy atom. The second-order valence-electron chi connectivity index (χ2n) is 3.73. The molecule has 0 aliphatic heterocycles. The highest BCUT2D eigenvalue weighted by Gasteiger charge is 1.99. The third-order valence-electron chi connectivity index (χ3n) is 2.36. The van der Waals surface area contributed by atoms with Crippen LogP contribution in [0.1, 0.15) is 12.0 Å². The fourth-order valence-electron chi connectivity index (χ4n) is 1.48. The monoisotopic (exact) mass is 224 g/mol. The van der Waals surface area contributed by atoms with Crippen LogP contribution in [0, 0.1) is 0 Å². The van der Waals surface area contributed by atoms with Crippen LogP contribution < -0.4 is 5.73 Å². The molecule has 0 aliphatic carbocycles. The molecule has 0 aliphatic rings. The second kappa shape index (κ2) is 6.88. The quantitative estimate of drug-likeness (QED) is 0.751. The molecule has 0 saturated carbocycles. The van der Waals surface area contributed by atoms with Crippen molar-refractivity contribution in [2.24, 2.45) is 5.73 Å². The summed E-state index contributed by atoms with van der Waals surface area (Å²) in [5.41, 5.74) is 6.85. The Hall–Kier alpha value is -0.510. The van der Waals surface area contributed by atoms with Crippen LogP contribution in [0.5, 0.6) is 0 Å². The standard InChI is InChI=1S/C12H20N2S/c1-14(9-3-8-13)10-11-4-6-12(15-2)7-5-11/h4-7H,3,8-10,13H2,1-2H3. The third kappa shape index (κ3) is 4.69. The topological polar surface area (TPSA) is 29.3 Å². The van der Waals surface area contributed by atoms with E-state index < -0.39 is 0 Å². The molecule has 0 fully saturated rings. The first kappa shape index (κ1) is 12.6. The molecule has 0 heterocycles. The zero-order chi connectivity index (χ0) is 11.1. The molecule has 15 heavy (non-hydrogen) atoms.